The number of primary amides is 1. The molecule has 4 nitrogen and oxygen atoms in total. The molecule has 4 heteroatoms. The van der Waals surface area contributed by atoms with Gasteiger partial charge < -0.3 is 10.8 Å². The number of carbonyl (C=O) groups is 1. The first-order valence-corrected chi connectivity index (χ1v) is 5.83. The zero-order chi connectivity index (χ0) is 11.4. The molecular formula is C11H22N2O2. The van der Waals surface area contributed by atoms with Crippen LogP contribution in [0.2, 0.25) is 0 Å². The monoisotopic (exact) mass is 214 g/mol. The molecule has 15 heavy (non-hydrogen) atoms. The van der Waals surface area contributed by atoms with E-state index in [-0.39, 0.29) is 11.9 Å². The third kappa shape index (κ3) is 2.92. The van der Waals surface area contributed by atoms with Gasteiger partial charge in [-0.25, -0.2) is 0 Å². The molecule has 0 unspecified atom stereocenters. The van der Waals surface area contributed by atoms with Crippen LogP contribution in [0.3, 0.4) is 0 Å². The molecule has 0 bridgehead atoms. The molecule has 3 N–H and O–H groups in total. The molecule has 1 rings (SSSR count). The molecule has 0 aliphatic carbocycles. The average Bonchev–Trinajstić information content (AvgIpc) is 2.49. The minimum absolute atomic E-state index is 0.304. The van der Waals surface area contributed by atoms with Crippen LogP contribution in [-0.2, 0) is 4.79 Å². The molecule has 1 heterocycles. The van der Waals surface area contributed by atoms with E-state index < -0.39 is 6.23 Å². The summed E-state index contributed by atoms with van der Waals surface area (Å²) in [5, 5.41) is 9.85. The van der Waals surface area contributed by atoms with Gasteiger partial charge in [0.25, 0.3) is 0 Å². The summed E-state index contributed by atoms with van der Waals surface area (Å²) in [6.45, 7) is 4.87. The Balaban J connectivity index is 2.58. The number of aliphatic hydroxyl groups is 1. The quantitative estimate of drug-likeness (QED) is 0.707. The van der Waals surface area contributed by atoms with Crippen molar-refractivity contribution in [3.05, 3.63) is 0 Å². The number of likely N-dealkylation sites (tertiary alicyclic amines) is 1. The predicted octanol–water partition coefficient (Wildman–Crippen LogP) is 0.691. The molecule has 1 aliphatic rings. The summed E-state index contributed by atoms with van der Waals surface area (Å²) >= 11 is 0. The molecule has 3 atom stereocenters. The van der Waals surface area contributed by atoms with Crippen molar-refractivity contribution >= 4 is 5.91 Å². The molecular weight excluding hydrogens is 192 g/mol. The lowest BCUT2D eigenvalue weighted by molar-refractivity contribution is -0.126. The number of aliphatic hydroxyl groups excluding tert-OH is 1. The normalized spacial score (nSPS) is 29.3. The van der Waals surface area contributed by atoms with E-state index in [9.17, 15) is 9.90 Å². The van der Waals surface area contributed by atoms with Crippen LogP contribution in [0.1, 0.15) is 39.5 Å². The summed E-state index contributed by atoms with van der Waals surface area (Å²) in [4.78, 5) is 13.0. The molecule has 0 aromatic heterocycles. The van der Waals surface area contributed by atoms with Gasteiger partial charge in [0.2, 0.25) is 5.91 Å². The van der Waals surface area contributed by atoms with Crippen LogP contribution in [-0.4, -0.2) is 34.7 Å². The van der Waals surface area contributed by atoms with E-state index in [0.29, 0.717) is 12.3 Å². The lowest BCUT2D eigenvalue weighted by Crippen LogP contribution is -2.46. The van der Waals surface area contributed by atoms with Gasteiger partial charge in [0, 0.05) is 6.54 Å². The number of nitrogens with two attached hydrogens (primary N) is 1. The average molecular weight is 214 g/mol. The second kappa shape index (κ2) is 5.47. The van der Waals surface area contributed by atoms with Gasteiger partial charge in [-0.1, -0.05) is 20.3 Å². The Morgan fingerprint density at radius 2 is 2.27 bits per heavy atom. The Labute approximate surface area is 91.4 Å². The molecule has 0 radical (unpaired) electrons. The predicted molar refractivity (Wildman–Crippen MR) is 59.0 cm³/mol. The molecule has 0 spiro atoms. The van der Waals surface area contributed by atoms with Crippen LogP contribution in [0.5, 0.6) is 0 Å². The summed E-state index contributed by atoms with van der Waals surface area (Å²) in [6, 6.07) is -0.304. The van der Waals surface area contributed by atoms with E-state index in [2.05, 4.69) is 6.92 Å². The number of hydrogen-bond acceptors (Lipinski definition) is 3. The van der Waals surface area contributed by atoms with Crippen molar-refractivity contribution in [3.8, 4) is 0 Å². The van der Waals surface area contributed by atoms with Gasteiger partial charge in [-0.15, -0.1) is 0 Å². The van der Waals surface area contributed by atoms with Gasteiger partial charge in [-0.05, 0) is 25.2 Å². The van der Waals surface area contributed by atoms with Crippen molar-refractivity contribution in [1.29, 1.82) is 0 Å². The Morgan fingerprint density at radius 3 is 2.73 bits per heavy atom. The maximum absolute atomic E-state index is 11.2. The van der Waals surface area contributed by atoms with Crippen molar-refractivity contribution in [1.82, 2.24) is 4.90 Å². The van der Waals surface area contributed by atoms with Gasteiger partial charge in [0.15, 0.2) is 0 Å². The highest BCUT2D eigenvalue weighted by Gasteiger charge is 2.36. The van der Waals surface area contributed by atoms with E-state index in [4.69, 9.17) is 5.73 Å². The van der Waals surface area contributed by atoms with Crippen LogP contribution in [0.15, 0.2) is 0 Å². The fourth-order valence-corrected chi connectivity index (χ4v) is 2.48. The highest BCUT2D eigenvalue weighted by molar-refractivity contribution is 5.79. The molecule has 1 aliphatic heterocycles. The highest BCUT2D eigenvalue weighted by Crippen LogP contribution is 2.27. The molecule has 1 saturated heterocycles. The molecule has 0 aromatic carbocycles. The van der Waals surface area contributed by atoms with Gasteiger partial charge in [-0.2, -0.15) is 0 Å². The molecule has 0 saturated carbocycles. The maximum atomic E-state index is 11.2. The molecule has 88 valence electrons. The highest BCUT2D eigenvalue weighted by atomic mass is 16.3. The smallest absolute Gasteiger partial charge is 0.234 e. The van der Waals surface area contributed by atoms with E-state index in [1.54, 1.807) is 0 Å². The Hall–Kier alpha value is -0.610. The Kier molecular flexibility index (Phi) is 4.54. The number of nitrogens with zero attached hydrogens (tertiary/aromatic N) is 1. The fourth-order valence-electron chi connectivity index (χ4n) is 2.48. The zero-order valence-electron chi connectivity index (χ0n) is 9.65. The van der Waals surface area contributed by atoms with Crippen LogP contribution >= 0.6 is 0 Å². The van der Waals surface area contributed by atoms with Gasteiger partial charge in [0.1, 0.15) is 6.23 Å². The van der Waals surface area contributed by atoms with Crippen molar-refractivity contribution in [2.45, 2.75) is 51.8 Å². The summed E-state index contributed by atoms with van der Waals surface area (Å²) in [5.74, 6) is 0.187. The van der Waals surface area contributed by atoms with Gasteiger partial charge in [-0.3, -0.25) is 9.69 Å². The summed E-state index contributed by atoms with van der Waals surface area (Å²) in [5.41, 5.74) is 5.32. The van der Waals surface area contributed by atoms with Crippen molar-refractivity contribution in [2.24, 2.45) is 11.7 Å². The second-order valence-electron chi connectivity index (χ2n) is 4.39. The summed E-state index contributed by atoms with van der Waals surface area (Å²) in [6.07, 6.45) is 3.20. The SMILES string of the molecule is CCC[C@H]1C[C@H](O)N([C@@H](CC)C(N)=O)C1. The van der Waals surface area contributed by atoms with E-state index >= 15 is 0 Å². The first kappa shape index (κ1) is 12.5. The van der Waals surface area contributed by atoms with Crippen LogP contribution in [0.4, 0.5) is 0 Å². The van der Waals surface area contributed by atoms with Crippen LogP contribution < -0.4 is 5.73 Å². The van der Waals surface area contributed by atoms with E-state index in [1.807, 2.05) is 11.8 Å². The minimum atomic E-state index is -0.487. The standard InChI is InChI=1S/C11H22N2O2/c1-3-5-8-6-10(14)13(7-8)9(4-2)11(12)15/h8-10,14H,3-7H2,1-2H3,(H2,12,15)/t8-,9-,10-/m0/s1. The second-order valence-corrected chi connectivity index (χ2v) is 4.39. The van der Waals surface area contributed by atoms with Gasteiger partial charge >= 0.3 is 0 Å². The number of rotatable bonds is 5. The largest absolute Gasteiger partial charge is 0.378 e. The lowest BCUT2D eigenvalue weighted by atomic mass is 10.0. The Bertz CT molecular complexity index is 221. The van der Waals surface area contributed by atoms with Crippen molar-refractivity contribution in [3.63, 3.8) is 0 Å². The topological polar surface area (TPSA) is 66.6 Å². The first-order valence-electron chi connectivity index (χ1n) is 5.83. The van der Waals surface area contributed by atoms with Crippen LogP contribution in [0, 0.1) is 5.92 Å². The number of amides is 1. The third-order valence-electron chi connectivity index (χ3n) is 3.21. The third-order valence-corrected chi connectivity index (χ3v) is 3.21. The number of hydrogen-bond donors (Lipinski definition) is 2. The van der Waals surface area contributed by atoms with E-state index in [0.717, 1.165) is 25.8 Å². The van der Waals surface area contributed by atoms with Gasteiger partial charge in [0.05, 0.1) is 6.04 Å². The summed E-state index contributed by atoms with van der Waals surface area (Å²) in [7, 11) is 0. The fraction of sp³-hybridized carbons (Fsp3) is 0.909. The summed E-state index contributed by atoms with van der Waals surface area (Å²) < 4.78 is 0. The van der Waals surface area contributed by atoms with Crippen molar-refractivity contribution in [2.75, 3.05) is 6.54 Å². The number of carbonyl (C=O) groups excluding carboxylic acids is 1. The minimum Gasteiger partial charge on any atom is -0.378 e. The molecule has 1 amide bonds. The van der Waals surface area contributed by atoms with Crippen molar-refractivity contribution < 1.29 is 9.90 Å². The Morgan fingerprint density at radius 1 is 1.60 bits per heavy atom. The van der Waals surface area contributed by atoms with Crippen LogP contribution in [0.25, 0.3) is 0 Å². The first-order chi connectivity index (χ1) is 7.10. The molecule has 0 aromatic rings. The molecule has 1 fully saturated rings. The van der Waals surface area contributed by atoms with E-state index in [1.165, 1.54) is 0 Å². The maximum Gasteiger partial charge on any atom is 0.234 e. The zero-order valence-corrected chi connectivity index (χ0v) is 9.65. The lowest BCUT2D eigenvalue weighted by Gasteiger charge is -2.27.